The van der Waals surface area contributed by atoms with Gasteiger partial charge in [-0.1, -0.05) is 37.9 Å². The highest BCUT2D eigenvalue weighted by Gasteiger charge is 2.16. The van der Waals surface area contributed by atoms with E-state index in [1.807, 2.05) is 0 Å². The Hall–Kier alpha value is 0.420. The topological polar surface area (TPSA) is 34.1 Å². The van der Waals surface area contributed by atoms with Gasteiger partial charge < -0.3 is 0 Å². The molecule has 14 heavy (non-hydrogen) atoms. The summed E-state index contributed by atoms with van der Waals surface area (Å²) in [5.41, 5.74) is 0.708. The lowest BCUT2D eigenvalue weighted by Gasteiger charge is -2.06. The first-order valence-electron chi connectivity index (χ1n) is 3.75. The van der Waals surface area contributed by atoms with E-state index in [-0.39, 0.29) is 4.90 Å². The summed E-state index contributed by atoms with van der Waals surface area (Å²) in [7, 11) is 1.65. The first kappa shape index (κ1) is 12.5. The van der Waals surface area contributed by atoms with E-state index in [2.05, 4.69) is 31.9 Å². The Morgan fingerprint density at radius 3 is 2.50 bits per heavy atom. The lowest BCUT2D eigenvalue weighted by Crippen LogP contribution is -1.99. The summed E-state index contributed by atoms with van der Waals surface area (Å²) in [6, 6.07) is 4.95. The van der Waals surface area contributed by atoms with Crippen molar-refractivity contribution >= 4 is 51.6 Å². The molecule has 1 aromatic rings. The fourth-order valence-corrected chi connectivity index (χ4v) is 3.38. The number of benzene rings is 1. The number of alkyl halides is 1. The van der Waals surface area contributed by atoms with E-state index < -0.39 is 9.05 Å². The predicted molar refractivity (Wildman–Crippen MR) is 64.7 cm³/mol. The molecule has 0 amide bonds. The Bertz CT molecular complexity index is 431. The van der Waals surface area contributed by atoms with Crippen LogP contribution in [0.3, 0.4) is 0 Å². The average molecular weight is 362 g/mol. The summed E-state index contributed by atoms with van der Waals surface area (Å²) in [5.74, 6) is 0. The minimum Gasteiger partial charge on any atom is -0.207 e. The third-order valence-electron chi connectivity index (χ3n) is 1.68. The molecule has 2 nitrogen and oxygen atoms in total. The van der Waals surface area contributed by atoms with Gasteiger partial charge in [0, 0.05) is 20.5 Å². The summed E-state index contributed by atoms with van der Waals surface area (Å²) >= 11 is 6.56. The van der Waals surface area contributed by atoms with Gasteiger partial charge in [-0.25, -0.2) is 8.42 Å². The van der Waals surface area contributed by atoms with Gasteiger partial charge >= 0.3 is 0 Å². The molecule has 1 aromatic carbocycles. The van der Waals surface area contributed by atoms with Crippen LogP contribution >= 0.6 is 42.5 Å². The largest absolute Gasteiger partial charge is 0.261 e. The van der Waals surface area contributed by atoms with Gasteiger partial charge in [0.1, 0.15) is 0 Å². The SMILES string of the molecule is O=S(=O)(Cl)c1cccc(Br)c1CCBr. The second-order valence-electron chi connectivity index (χ2n) is 2.59. The maximum atomic E-state index is 11.2. The van der Waals surface area contributed by atoms with Crippen LogP contribution in [0.5, 0.6) is 0 Å². The Labute approximate surface area is 104 Å². The van der Waals surface area contributed by atoms with Crippen molar-refractivity contribution in [3.05, 3.63) is 28.2 Å². The zero-order chi connectivity index (χ0) is 10.8. The van der Waals surface area contributed by atoms with Crippen LogP contribution in [0.15, 0.2) is 27.6 Å². The van der Waals surface area contributed by atoms with Crippen LogP contribution in [0, 0.1) is 0 Å². The molecule has 78 valence electrons. The van der Waals surface area contributed by atoms with Crippen molar-refractivity contribution in [3.63, 3.8) is 0 Å². The molecule has 0 aromatic heterocycles. The number of rotatable bonds is 3. The van der Waals surface area contributed by atoms with Crippen LogP contribution in [-0.4, -0.2) is 13.7 Å². The van der Waals surface area contributed by atoms with Crippen molar-refractivity contribution in [1.82, 2.24) is 0 Å². The lowest BCUT2D eigenvalue weighted by molar-refractivity contribution is 0.608. The Morgan fingerprint density at radius 2 is 2.00 bits per heavy atom. The fourth-order valence-electron chi connectivity index (χ4n) is 1.10. The van der Waals surface area contributed by atoms with Gasteiger partial charge in [0.05, 0.1) is 4.90 Å². The number of hydrogen-bond donors (Lipinski definition) is 0. The standard InChI is InChI=1S/C8H7Br2ClO2S/c9-5-4-6-7(10)2-1-3-8(6)14(11,12)13/h1-3H,4-5H2. The van der Waals surface area contributed by atoms with Crippen molar-refractivity contribution in [3.8, 4) is 0 Å². The molecule has 0 atom stereocenters. The second-order valence-corrected chi connectivity index (χ2v) is 6.78. The van der Waals surface area contributed by atoms with Crippen LogP contribution in [0.4, 0.5) is 0 Å². The maximum absolute atomic E-state index is 11.2. The molecule has 0 N–H and O–H groups in total. The monoisotopic (exact) mass is 360 g/mol. The molecule has 0 aliphatic carbocycles. The molecule has 0 radical (unpaired) electrons. The Balaban J connectivity index is 3.36. The molecule has 0 spiro atoms. The molecule has 0 aliphatic rings. The fraction of sp³-hybridized carbons (Fsp3) is 0.250. The van der Waals surface area contributed by atoms with Crippen LogP contribution < -0.4 is 0 Å². The molecule has 0 bridgehead atoms. The summed E-state index contributed by atoms with van der Waals surface area (Å²) in [6.45, 7) is 0. The molecule has 0 saturated carbocycles. The van der Waals surface area contributed by atoms with Crippen LogP contribution in [0.2, 0.25) is 0 Å². The third-order valence-corrected chi connectivity index (χ3v) is 4.23. The summed E-state index contributed by atoms with van der Waals surface area (Å²) in [4.78, 5) is 0.174. The molecule has 0 saturated heterocycles. The highest BCUT2D eigenvalue weighted by atomic mass is 79.9. The van der Waals surface area contributed by atoms with E-state index in [1.165, 1.54) is 6.07 Å². The second kappa shape index (κ2) is 4.96. The van der Waals surface area contributed by atoms with Gasteiger partial charge in [0.25, 0.3) is 9.05 Å². The maximum Gasteiger partial charge on any atom is 0.261 e. The van der Waals surface area contributed by atoms with Gasteiger partial charge in [-0.3, -0.25) is 0 Å². The molecule has 1 rings (SSSR count). The highest BCUT2D eigenvalue weighted by molar-refractivity contribution is 9.10. The van der Waals surface area contributed by atoms with Gasteiger partial charge in [0.2, 0.25) is 0 Å². The van der Waals surface area contributed by atoms with Crippen molar-refractivity contribution in [1.29, 1.82) is 0 Å². The van der Waals surface area contributed by atoms with Crippen molar-refractivity contribution in [2.24, 2.45) is 0 Å². The molecule has 0 aliphatic heterocycles. The van der Waals surface area contributed by atoms with E-state index in [0.717, 1.165) is 4.47 Å². The van der Waals surface area contributed by atoms with E-state index in [0.29, 0.717) is 17.3 Å². The number of hydrogen-bond acceptors (Lipinski definition) is 2. The third kappa shape index (κ3) is 2.95. The van der Waals surface area contributed by atoms with E-state index in [4.69, 9.17) is 10.7 Å². The van der Waals surface area contributed by atoms with Crippen LogP contribution in [0.25, 0.3) is 0 Å². The first-order chi connectivity index (χ1) is 6.46. The molecule has 0 fully saturated rings. The zero-order valence-electron chi connectivity index (χ0n) is 7.00. The van der Waals surface area contributed by atoms with E-state index in [1.54, 1.807) is 12.1 Å². The van der Waals surface area contributed by atoms with E-state index >= 15 is 0 Å². The molecular weight excluding hydrogens is 355 g/mol. The normalized spacial score (nSPS) is 11.6. The summed E-state index contributed by atoms with van der Waals surface area (Å²) in [6.07, 6.45) is 0.614. The van der Waals surface area contributed by atoms with Gasteiger partial charge in [0.15, 0.2) is 0 Å². The summed E-state index contributed by atoms with van der Waals surface area (Å²) in [5, 5.41) is 0.690. The van der Waals surface area contributed by atoms with E-state index in [9.17, 15) is 8.42 Å². The smallest absolute Gasteiger partial charge is 0.207 e. The average Bonchev–Trinajstić information content (AvgIpc) is 2.07. The van der Waals surface area contributed by atoms with Gasteiger partial charge in [-0.2, -0.15) is 0 Å². The zero-order valence-corrected chi connectivity index (χ0v) is 11.7. The van der Waals surface area contributed by atoms with Crippen LogP contribution in [-0.2, 0) is 15.5 Å². The van der Waals surface area contributed by atoms with Crippen molar-refractivity contribution < 1.29 is 8.42 Å². The first-order valence-corrected chi connectivity index (χ1v) is 7.97. The Morgan fingerprint density at radius 1 is 1.36 bits per heavy atom. The highest BCUT2D eigenvalue weighted by Crippen LogP contribution is 2.27. The molecule has 0 unspecified atom stereocenters. The van der Waals surface area contributed by atoms with Crippen molar-refractivity contribution in [2.45, 2.75) is 11.3 Å². The van der Waals surface area contributed by atoms with Gasteiger partial charge in [-0.05, 0) is 24.1 Å². The van der Waals surface area contributed by atoms with Gasteiger partial charge in [-0.15, -0.1) is 0 Å². The minimum absolute atomic E-state index is 0.174. The molecular formula is C8H7Br2ClO2S. The van der Waals surface area contributed by atoms with Crippen LogP contribution in [0.1, 0.15) is 5.56 Å². The molecule has 6 heteroatoms. The lowest BCUT2D eigenvalue weighted by atomic mass is 10.2. The quantitative estimate of drug-likeness (QED) is 0.611. The number of halogens is 3. The Kier molecular flexibility index (Phi) is 4.43. The predicted octanol–water partition coefficient (Wildman–Crippen LogP) is 3.31. The molecule has 0 heterocycles. The minimum atomic E-state index is -3.66. The van der Waals surface area contributed by atoms with Crippen molar-refractivity contribution in [2.75, 3.05) is 5.33 Å². The summed E-state index contributed by atoms with van der Waals surface area (Å²) < 4.78 is 23.2.